The quantitative estimate of drug-likeness (QED) is 0.798. The minimum Gasteiger partial charge on any atom is -0.444 e. The number of nitrogens with zero attached hydrogens (tertiary/aromatic N) is 1. The third-order valence-corrected chi connectivity index (χ3v) is 4.17. The van der Waals surface area contributed by atoms with Gasteiger partial charge in [-0.1, -0.05) is 18.2 Å². The molecular weight excluding hydrogens is 294 g/mol. The van der Waals surface area contributed by atoms with Crippen molar-refractivity contribution >= 4 is 16.2 Å². The van der Waals surface area contributed by atoms with E-state index in [1.807, 2.05) is 0 Å². The number of carbonyl (C=O) groups excluding carboxylic acids is 1. The molecule has 0 N–H and O–H groups in total. The maximum Gasteiger partial charge on any atom is 0.410 e. The normalized spacial score (nSPS) is 16.4. The summed E-state index contributed by atoms with van der Waals surface area (Å²) in [5, 5.41) is 0. The number of hydrogen-bond acceptors (Lipinski definition) is 5. The van der Waals surface area contributed by atoms with Crippen LogP contribution in [-0.2, 0) is 19.0 Å². The van der Waals surface area contributed by atoms with Crippen molar-refractivity contribution < 1.29 is 22.1 Å². The maximum absolute atomic E-state index is 12.0. The van der Waals surface area contributed by atoms with Gasteiger partial charge in [0.05, 0.1) is 18.0 Å². The van der Waals surface area contributed by atoms with E-state index in [1.54, 1.807) is 39.0 Å². The Labute approximate surface area is 124 Å². The number of likely N-dealkylation sites (tertiary alicyclic amines) is 1. The van der Waals surface area contributed by atoms with E-state index < -0.39 is 27.9 Å². The Kier molecular flexibility index (Phi) is 4.25. The molecule has 7 heteroatoms. The summed E-state index contributed by atoms with van der Waals surface area (Å²) < 4.78 is 34.2. The second-order valence-electron chi connectivity index (χ2n) is 5.87. The van der Waals surface area contributed by atoms with Gasteiger partial charge >= 0.3 is 6.09 Å². The lowest BCUT2D eigenvalue weighted by Crippen LogP contribution is -2.56. The van der Waals surface area contributed by atoms with E-state index in [4.69, 9.17) is 8.92 Å². The maximum atomic E-state index is 12.0. The van der Waals surface area contributed by atoms with Crippen molar-refractivity contribution in [2.24, 2.45) is 0 Å². The Morgan fingerprint density at radius 2 is 1.76 bits per heavy atom. The van der Waals surface area contributed by atoms with Gasteiger partial charge < -0.3 is 9.64 Å². The number of carbonyl (C=O) groups is 1. The molecule has 1 aliphatic rings. The molecule has 1 fully saturated rings. The van der Waals surface area contributed by atoms with Crippen molar-refractivity contribution in [1.29, 1.82) is 0 Å². The molecule has 116 valence electrons. The summed E-state index contributed by atoms with van der Waals surface area (Å²) in [5.74, 6) is 0. The number of hydrogen-bond donors (Lipinski definition) is 0. The van der Waals surface area contributed by atoms with Crippen LogP contribution < -0.4 is 0 Å². The largest absolute Gasteiger partial charge is 0.444 e. The first-order valence-electron chi connectivity index (χ1n) is 6.64. The van der Waals surface area contributed by atoms with Gasteiger partial charge in [-0.05, 0) is 32.9 Å². The van der Waals surface area contributed by atoms with E-state index in [0.717, 1.165) is 0 Å². The second-order valence-corrected chi connectivity index (χ2v) is 7.44. The van der Waals surface area contributed by atoms with E-state index in [0.29, 0.717) is 0 Å². The zero-order chi connectivity index (χ0) is 15.7. The highest BCUT2D eigenvalue weighted by Crippen LogP contribution is 2.21. The lowest BCUT2D eigenvalue weighted by atomic mass is 10.2. The summed E-state index contributed by atoms with van der Waals surface area (Å²) in [6.07, 6.45) is -0.984. The highest BCUT2D eigenvalue weighted by atomic mass is 32.2. The summed E-state index contributed by atoms with van der Waals surface area (Å²) in [4.78, 5) is 13.2. The van der Waals surface area contributed by atoms with Crippen LogP contribution >= 0.6 is 0 Å². The lowest BCUT2D eigenvalue weighted by molar-refractivity contribution is -0.0206. The zero-order valence-corrected chi connectivity index (χ0v) is 13.1. The van der Waals surface area contributed by atoms with Crippen molar-refractivity contribution in [3.63, 3.8) is 0 Å². The van der Waals surface area contributed by atoms with Crippen molar-refractivity contribution in [2.45, 2.75) is 37.4 Å². The van der Waals surface area contributed by atoms with Gasteiger partial charge in [-0.3, -0.25) is 4.18 Å². The fraction of sp³-hybridized carbons (Fsp3) is 0.500. The highest BCUT2D eigenvalue weighted by molar-refractivity contribution is 7.86. The van der Waals surface area contributed by atoms with Gasteiger partial charge in [-0.2, -0.15) is 8.42 Å². The van der Waals surface area contributed by atoms with Crippen LogP contribution in [0.3, 0.4) is 0 Å². The molecule has 1 aliphatic heterocycles. The van der Waals surface area contributed by atoms with Gasteiger partial charge in [0.1, 0.15) is 11.7 Å². The molecule has 1 saturated heterocycles. The van der Waals surface area contributed by atoms with Crippen molar-refractivity contribution in [3.05, 3.63) is 30.3 Å². The van der Waals surface area contributed by atoms with Crippen LogP contribution in [0.15, 0.2) is 35.2 Å². The van der Waals surface area contributed by atoms with Gasteiger partial charge in [0.25, 0.3) is 10.1 Å². The van der Waals surface area contributed by atoms with Crippen molar-refractivity contribution in [1.82, 2.24) is 4.90 Å². The van der Waals surface area contributed by atoms with Gasteiger partial charge in [0.15, 0.2) is 0 Å². The topological polar surface area (TPSA) is 72.9 Å². The van der Waals surface area contributed by atoms with E-state index in [1.165, 1.54) is 17.0 Å². The minimum atomic E-state index is -3.78. The van der Waals surface area contributed by atoms with E-state index in [-0.39, 0.29) is 18.0 Å². The predicted octanol–water partition coefficient (Wildman–Crippen LogP) is 2.01. The van der Waals surface area contributed by atoms with E-state index in [9.17, 15) is 13.2 Å². The Bertz CT molecular complexity index is 600. The Hall–Kier alpha value is -1.60. The summed E-state index contributed by atoms with van der Waals surface area (Å²) >= 11 is 0. The molecule has 0 saturated carbocycles. The first-order chi connectivity index (χ1) is 9.67. The molecule has 0 radical (unpaired) electrons. The van der Waals surface area contributed by atoms with Crippen LogP contribution in [0.1, 0.15) is 20.8 Å². The fourth-order valence-electron chi connectivity index (χ4n) is 1.80. The number of amides is 1. The average molecular weight is 313 g/mol. The van der Waals surface area contributed by atoms with Gasteiger partial charge in [-0.25, -0.2) is 4.79 Å². The average Bonchev–Trinajstić information content (AvgIpc) is 2.32. The molecule has 6 nitrogen and oxygen atoms in total. The molecule has 1 aromatic rings. The molecule has 2 rings (SSSR count). The second kappa shape index (κ2) is 5.65. The summed E-state index contributed by atoms with van der Waals surface area (Å²) in [7, 11) is -3.78. The molecule has 0 aliphatic carbocycles. The van der Waals surface area contributed by atoms with E-state index in [2.05, 4.69) is 0 Å². The van der Waals surface area contributed by atoms with E-state index >= 15 is 0 Å². The lowest BCUT2D eigenvalue weighted by Gasteiger charge is -2.38. The van der Waals surface area contributed by atoms with Gasteiger partial charge in [0.2, 0.25) is 0 Å². The zero-order valence-electron chi connectivity index (χ0n) is 12.3. The first kappa shape index (κ1) is 15.8. The molecule has 0 spiro atoms. The Balaban J connectivity index is 1.87. The highest BCUT2D eigenvalue weighted by Gasteiger charge is 2.37. The van der Waals surface area contributed by atoms with Crippen molar-refractivity contribution in [2.75, 3.05) is 13.1 Å². The SMILES string of the molecule is CC(C)(C)OC(=O)N1CC(OS(=O)(=O)c2ccccc2)C1. The Morgan fingerprint density at radius 1 is 1.19 bits per heavy atom. The monoisotopic (exact) mass is 313 g/mol. The van der Waals surface area contributed by atoms with Crippen LogP contribution in [0.2, 0.25) is 0 Å². The summed E-state index contributed by atoms with van der Waals surface area (Å²) in [6, 6.07) is 7.93. The predicted molar refractivity (Wildman–Crippen MR) is 76.3 cm³/mol. The van der Waals surface area contributed by atoms with Crippen LogP contribution in [0.5, 0.6) is 0 Å². The molecule has 0 unspecified atom stereocenters. The molecule has 0 atom stereocenters. The summed E-state index contributed by atoms with van der Waals surface area (Å²) in [5.41, 5.74) is -0.570. The molecule has 1 aromatic carbocycles. The number of benzene rings is 1. The minimum absolute atomic E-state index is 0.112. The van der Waals surface area contributed by atoms with Crippen molar-refractivity contribution in [3.8, 4) is 0 Å². The van der Waals surface area contributed by atoms with Crippen LogP contribution in [0.25, 0.3) is 0 Å². The van der Waals surface area contributed by atoms with Gasteiger partial charge in [-0.15, -0.1) is 0 Å². The van der Waals surface area contributed by atoms with Crippen LogP contribution in [0.4, 0.5) is 4.79 Å². The molecule has 0 aromatic heterocycles. The standard InChI is InChI=1S/C14H19NO5S/c1-14(2,3)19-13(16)15-9-11(10-15)20-21(17,18)12-7-5-4-6-8-12/h4-8,11H,9-10H2,1-3H3. The smallest absolute Gasteiger partial charge is 0.410 e. The first-order valence-corrected chi connectivity index (χ1v) is 8.04. The number of ether oxygens (including phenoxy) is 1. The molecule has 1 amide bonds. The van der Waals surface area contributed by atoms with Crippen LogP contribution in [0, 0.1) is 0 Å². The third-order valence-electron chi connectivity index (χ3n) is 2.79. The number of rotatable bonds is 3. The fourth-order valence-corrected chi connectivity index (χ4v) is 2.88. The summed E-state index contributed by atoms with van der Waals surface area (Å²) in [6.45, 7) is 5.75. The third kappa shape index (κ3) is 4.18. The van der Waals surface area contributed by atoms with Gasteiger partial charge in [0, 0.05) is 0 Å². The molecular formula is C14H19NO5S. The van der Waals surface area contributed by atoms with Crippen LogP contribution in [-0.4, -0.2) is 44.2 Å². The molecule has 0 bridgehead atoms. The Morgan fingerprint density at radius 3 is 2.29 bits per heavy atom. The molecule has 1 heterocycles. The molecule has 21 heavy (non-hydrogen) atoms.